The first-order valence-electron chi connectivity index (χ1n) is 5.80. The van der Waals surface area contributed by atoms with Gasteiger partial charge in [-0.3, -0.25) is 4.79 Å². The van der Waals surface area contributed by atoms with Gasteiger partial charge in [-0.05, 0) is 30.6 Å². The molecule has 0 aliphatic heterocycles. The van der Waals surface area contributed by atoms with Gasteiger partial charge in [0.25, 0.3) is 0 Å². The Labute approximate surface area is 106 Å². The van der Waals surface area contributed by atoms with Crippen molar-refractivity contribution in [1.29, 1.82) is 0 Å². The number of carboxylic acid groups (broad SMARTS) is 1. The van der Waals surface area contributed by atoms with Crippen molar-refractivity contribution >= 4 is 17.7 Å². The first kappa shape index (κ1) is 14.1. The minimum absolute atomic E-state index is 0.501. The van der Waals surface area contributed by atoms with Crippen LogP contribution in [0.3, 0.4) is 0 Å². The summed E-state index contributed by atoms with van der Waals surface area (Å²) in [7, 11) is 0. The minimum atomic E-state index is -0.915. The summed E-state index contributed by atoms with van der Waals surface area (Å²) in [6.45, 7) is 0. The molecule has 1 rings (SSSR count). The van der Waals surface area contributed by atoms with Crippen LogP contribution in [-0.2, 0) is 11.2 Å². The second kappa shape index (κ2) is 8.14. The molecule has 3 N–H and O–H groups in total. The Balaban J connectivity index is 2.00. The molecule has 0 saturated carbocycles. The van der Waals surface area contributed by atoms with E-state index in [1.807, 2.05) is 6.07 Å². The highest BCUT2D eigenvalue weighted by Gasteiger charge is 2.10. The number of nitrogens with two attached hydrogens (primary N) is 1. The predicted octanol–water partition coefficient (Wildman–Crippen LogP) is 2.15. The van der Waals surface area contributed by atoms with Crippen molar-refractivity contribution in [1.82, 2.24) is 0 Å². The van der Waals surface area contributed by atoms with Gasteiger partial charge in [0.2, 0.25) is 0 Å². The first-order chi connectivity index (χ1) is 8.20. The molecule has 1 aromatic rings. The Bertz CT molecular complexity index is 329. The maximum Gasteiger partial charge on any atom is 0.321 e. The van der Waals surface area contributed by atoms with Gasteiger partial charge in [-0.2, -0.15) is 11.8 Å². The molecule has 3 nitrogen and oxygen atoms in total. The van der Waals surface area contributed by atoms with Crippen molar-refractivity contribution in [2.24, 2.45) is 5.73 Å². The Morgan fingerprint density at radius 3 is 2.65 bits per heavy atom. The number of hydrogen-bond acceptors (Lipinski definition) is 3. The van der Waals surface area contributed by atoms with Crippen molar-refractivity contribution in [2.75, 3.05) is 11.5 Å². The van der Waals surface area contributed by atoms with Crippen LogP contribution in [0.1, 0.15) is 18.4 Å². The number of aryl methyl sites for hydroxylation is 1. The Morgan fingerprint density at radius 1 is 1.29 bits per heavy atom. The molecule has 0 bridgehead atoms. The summed E-state index contributed by atoms with van der Waals surface area (Å²) >= 11 is 1.62. The van der Waals surface area contributed by atoms with Gasteiger partial charge in [0, 0.05) is 5.75 Å². The molecule has 1 unspecified atom stereocenters. The lowest BCUT2D eigenvalue weighted by Gasteiger charge is -2.05. The Morgan fingerprint density at radius 2 is 2.00 bits per heavy atom. The maximum atomic E-state index is 10.5. The average molecular weight is 253 g/mol. The van der Waals surface area contributed by atoms with Gasteiger partial charge in [0.1, 0.15) is 6.04 Å². The topological polar surface area (TPSA) is 63.3 Å². The van der Waals surface area contributed by atoms with E-state index in [0.29, 0.717) is 5.75 Å². The second-order valence-electron chi connectivity index (χ2n) is 3.96. The fourth-order valence-corrected chi connectivity index (χ4v) is 2.43. The van der Waals surface area contributed by atoms with Crippen molar-refractivity contribution in [2.45, 2.75) is 25.3 Å². The van der Waals surface area contributed by atoms with E-state index in [1.54, 1.807) is 11.8 Å². The van der Waals surface area contributed by atoms with Gasteiger partial charge >= 0.3 is 5.97 Å². The third-order valence-electron chi connectivity index (χ3n) is 2.46. The van der Waals surface area contributed by atoms with Crippen molar-refractivity contribution in [3.63, 3.8) is 0 Å². The number of unbranched alkanes of at least 4 members (excludes halogenated alkanes) is 1. The zero-order valence-electron chi connectivity index (χ0n) is 9.84. The number of hydrogen-bond donors (Lipinski definition) is 2. The third kappa shape index (κ3) is 6.34. The predicted molar refractivity (Wildman–Crippen MR) is 72.3 cm³/mol. The Kier molecular flexibility index (Phi) is 6.74. The molecule has 0 fully saturated rings. The lowest BCUT2D eigenvalue weighted by Crippen LogP contribution is -2.32. The monoisotopic (exact) mass is 253 g/mol. The summed E-state index contributed by atoms with van der Waals surface area (Å²) in [4.78, 5) is 10.5. The van der Waals surface area contributed by atoms with Gasteiger partial charge in [-0.15, -0.1) is 0 Å². The zero-order chi connectivity index (χ0) is 12.5. The Hall–Kier alpha value is -1.00. The number of thioether (sulfide) groups is 1. The fraction of sp³-hybridized carbons (Fsp3) is 0.462. The van der Waals surface area contributed by atoms with E-state index in [2.05, 4.69) is 24.3 Å². The molecule has 0 aliphatic carbocycles. The maximum absolute atomic E-state index is 10.5. The highest BCUT2D eigenvalue weighted by atomic mass is 32.2. The molecule has 0 spiro atoms. The summed E-state index contributed by atoms with van der Waals surface area (Å²) in [5.41, 5.74) is 6.76. The zero-order valence-corrected chi connectivity index (χ0v) is 10.7. The molecule has 0 heterocycles. The van der Waals surface area contributed by atoms with E-state index >= 15 is 0 Å². The molecule has 0 radical (unpaired) electrons. The molecule has 0 saturated heterocycles. The van der Waals surface area contributed by atoms with E-state index in [-0.39, 0.29) is 0 Å². The molecular weight excluding hydrogens is 234 g/mol. The summed E-state index contributed by atoms with van der Waals surface area (Å²) in [6, 6.07) is 9.66. The molecule has 17 heavy (non-hydrogen) atoms. The number of aliphatic carboxylic acids is 1. The highest BCUT2D eigenvalue weighted by Crippen LogP contribution is 2.09. The van der Waals surface area contributed by atoms with Crippen LogP contribution in [0.4, 0.5) is 0 Å². The van der Waals surface area contributed by atoms with E-state index in [4.69, 9.17) is 10.8 Å². The summed E-state index contributed by atoms with van der Waals surface area (Å²) in [6.07, 6.45) is 3.33. The lowest BCUT2D eigenvalue weighted by atomic mass is 10.1. The van der Waals surface area contributed by atoms with Gasteiger partial charge in [-0.25, -0.2) is 0 Å². The van der Waals surface area contributed by atoms with E-state index < -0.39 is 12.0 Å². The molecule has 94 valence electrons. The number of benzene rings is 1. The highest BCUT2D eigenvalue weighted by molar-refractivity contribution is 7.99. The van der Waals surface area contributed by atoms with Gasteiger partial charge in [-0.1, -0.05) is 30.3 Å². The van der Waals surface area contributed by atoms with Crippen LogP contribution in [0, 0.1) is 0 Å². The second-order valence-corrected chi connectivity index (χ2v) is 5.11. The van der Waals surface area contributed by atoms with Crippen molar-refractivity contribution in [3.8, 4) is 0 Å². The van der Waals surface area contributed by atoms with Gasteiger partial charge in [0.15, 0.2) is 0 Å². The van der Waals surface area contributed by atoms with E-state index in [0.717, 1.165) is 25.0 Å². The SMILES string of the molecule is NC(CSCCCCc1ccccc1)C(=O)O. The standard InChI is InChI=1S/C13H19NO2S/c14-12(13(15)16)10-17-9-5-4-8-11-6-2-1-3-7-11/h1-3,6-7,12H,4-5,8-10,14H2,(H,15,16). The molecule has 1 aromatic carbocycles. The largest absolute Gasteiger partial charge is 0.480 e. The summed E-state index contributed by atoms with van der Waals surface area (Å²) < 4.78 is 0. The molecule has 1 atom stereocenters. The average Bonchev–Trinajstić information content (AvgIpc) is 2.34. The van der Waals surface area contributed by atoms with Crippen LogP contribution in [0.5, 0.6) is 0 Å². The van der Waals surface area contributed by atoms with Crippen LogP contribution >= 0.6 is 11.8 Å². The van der Waals surface area contributed by atoms with E-state index in [9.17, 15) is 4.79 Å². The normalized spacial score (nSPS) is 12.3. The van der Waals surface area contributed by atoms with Gasteiger partial charge in [0.05, 0.1) is 0 Å². The molecule has 0 amide bonds. The molecule has 0 aliphatic rings. The summed E-state index contributed by atoms with van der Waals surface area (Å²) in [5.74, 6) is 0.566. The van der Waals surface area contributed by atoms with E-state index in [1.165, 1.54) is 5.56 Å². The fourth-order valence-electron chi connectivity index (χ4n) is 1.46. The molecule has 4 heteroatoms. The third-order valence-corrected chi connectivity index (χ3v) is 3.63. The molecule has 0 aromatic heterocycles. The van der Waals surface area contributed by atoms with Crippen LogP contribution in [0.25, 0.3) is 0 Å². The van der Waals surface area contributed by atoms with Crippen LogP contribution in [0.2, 0.25) is 0 Å². The smallest absolute Gasteiger partial charge is 0.321 e. The number of carbonyl (C=O) groups is 1. The van der Waals surface area contributed by atoms with Gasteiger partial charge < -0.3 is 10.8 Å². The quantitative estimate of drug-likeness (QED) is 0.697. The first-order valence-corrected chi connectivity index (χ1v) is 6.95. The van der Waals surface area contributed by atoms with Crippen LogP contribution in [-0.4, -0.2) is 28.6 Å². The van der Waals surface area contributed by atoms with Crippen molar-refractivity contribution in [3.05, 3.63) is 35.9 Å². The number of rotatable bonds is 8. The van der Waals surface area contributed by atoms with Crippen molar-refractivity contribution < 1.29 is 9.90 Å². The lowest BCUT2D eigenvalue weighted by molar-refractivity contribution is -0.137. The summed E-state index contributed by atoms with van der Waals surface area (Å²) in [5, 5.41) is 8.60. The van der Waals surface area contributed by atoms with Crippen LogP contribution < -0.4 is 5.73 Å². The van der Waals surface area contributed by atoms with Crippen LogP contribution in [0.15, 0.2) is 30.3 Å². The molecular formula is C13H19NO2S. The minimum Gasteiger partial charge on any atom is -0.480 e. The number of carboxylic acids is 1.